The molecule has 0 amide bonds. The van der Waals surface area contributed by atoms with Crippen molar-refractivity contribution in [2.45, 2.75) is 19.1 Å². The lowest BCUT2D eigenvalue weighted by Crippen LogP contribution is -2.45. The van der Waals surface area contributed by atoms with E-state index >= 15 is 0 Å². The van der Waals surface area contributed by atoms with Crippen molar-refractivity contribution in [3.05, 3.63) is 0 Å². The lowest BCUT2D eigenvalue weighted by Gasteiger charge is -2.27. The molecular formula is C10H21N3O3S. The molecular weight excluding hydrogens is 242 g/mol. The second-order valence-corrected chi connectivity index (χ2v) is 6.93. The van der Waals surface area contributed by atoms with E-state index in [1.165, 1.54) is 0 Å². The molecule has 1 saturated heterocycles. The zero-order valence-electron chi connectivity index (χ0n) is 10.4. The highest BCUT2D eigenvalue weighted by Gasteiger charge is 2.16. The normalized spacial score (nSPS) is 18.8. The summed E-state index contributed by atoms with van der Waals surface area (Å²) in [6.07, 6.45) is 0. The van der Waals surface area contributed by atoms with Crippen molar-refractivity contribution in [3.63, 3.8) is 0 Å². The average Bonchev–Trinajstić information content (AvgIpc) is 2.29. The first-order valence-electron chi connectivity index (χ1n) is 5.77. The van der Waals surface area contributed by atoms with Crippen molar-refractivity contribution >= 4 is 15.8 Å². The molecule has 0 aromatic heterocycles. The Hall–Kier alpha value is -0.820. The minimum atomic E-state index is -3.03. The van der Waals surface area contributed by atoms with Gasteiger partial charge in [0, 0.05) is 13.1 Å². The van der Waals surface area contributed by atoms with Gasteiger partial charge in [0.2, 0.25) is 0 Å². The van der Waals surface area contributed by atoms with E-state index in [2.05, 4.69) is 4.99 Å². The molecule has 1 fully saturated rings. The van der Waals surface area contributed by atoms with Crippen molar-refractivity contribution in [1.29, 1.82) is 0 Å². The Bertz CT molecular complexity index is 359. The van der Waals surface area contributed by atoms with Crippen LogP contribution in [-0.4, -0.2) is 63.1 Å². The number of nitrogens with zero attached hydrogens (tertiary/aromatic N) is 2. The van der Waals surface area contributed by atoms with Gasteiger partial charge in [-0.15, -0.1) is 0 Å². The third-order valence-electron chi connectivity index (χ3n) is 2.70. The molecule has 1 aliphatic rings. The zero-order chi connectivity index (χ0) is 12.9. The van der Waals surface area contributed by atoms with Crippen molar-refractivity contribution in [2.75, 3.05) is 38.6 Å². The number of morpholine rings is 1. The summed E-state index contributed by atoms with van der Waals surface area (Å²) in [5.41, 5.74) is 5.78. The first-order chi connectivity index (χ1) is 7.93. The van der Waals surface area contributed by atoms with Crippen LogP contribution in [-0.2, 0) is 14.6 Å². The van der Waals surface area contributed by atoms with Gasteiger partial charge in [0.1, 0.15) is 0 Å². The van der Waals surface area contributed by atoms with Crippen LogP contribution in [0.15, 0.2) is 4.99 Å². The number of ether oxygens (including phenoxy) is 1. The van der Waals surface area contributed by atoms with E-state index < -0.39 is 9.84 Å². The van der Waals surface area contributed by atoms with Crippen molar-refractivity contribution < 1.29 is 13.2 Å². The predicted molar refractivity (Wildman–Crippen MR) is 67.8 cm³/mol. The van der Waals surface area contributed by atoms with Gasteiger partial charge in [-0.3, -0.25) is 4.99 Å². The summed E-state index contributed by atoms with van der Waals surface area (Å²) in [4.78, 5) is 6.01. The molecule has 2 N–H and O–H groups in total. The molecule has 0 aliphatic carbocycles. The largest absolute Gasteiger partial charge is 0.378 e. The predicted octanol–water partition coefficient (Wildman–Crippen LogP) is -0.543. The molecule has 0 unspecified atom stereocenters. The Labute approximate surface area is 103 Å². The highest BCUT2D eigenvalue weighted by molar-refractivity contribution is 7.92. The van der Waals surface area contributed by atoms with E-state index in [0.29, 0.717) is 32.3 Å². The highest BCUT2D eigenvalue weighted by atomic mass is 32.2. The summed E-state index contributed by atoms with van der Waals surface area (Å²) in [6.45, 7) is 6.28. The van der Waals surface area contributed by atoms with Gasteiger partial charge >= 0.3 is 0 Å². The fraction of sp³-hybridized carbons (Fsp3) is 0.900. The van der Waals surface area contributed by atoms with Crippen molar-refractivity contribution in [1.82, 2.24) is 4.90 Å². The fourth-order valence-corrected chi connectivity index (χ4v) is 2.23. The second-order valence-electron chi connectivity index (χ2n) is 4.26. The second kappa shape index (κ2) is 6.20. The van der Waals surface area contributed by atoms with Crippen LogP contribution in [0.3, 0.4) is 0 Å². The van der Waals surface area contributed by atoms with Gasteiger partial charge in [-0.05, 0) is 13.8 Å². The lowest BCUT2D eigenvalue weighted by atomic mass is 10.4. The number of nitrogens with two attached hydrogens (primary N) is 1. The van der Waals surface area contributed by atoms with Gasteiger partial charge in [-0.2, -0.15) is 0 Å². The fourth-order valence-electron chi connectivity index (χ4n) is 1.42. The summed E-state index contributed by atoms with van der Waals surface area (Å²) >= 11 is 0. The van der Waals surface area contributed by atoms with E-state index in [0.717, 1.165) is 0 Å². The standard InChI is InChI=1S/C10H21N3O3S/c1-9(2)17(14,15)8-3-12-10(11)13-4-6-16-7-5-13/h9H,3-8H2,1-2H3,(H2,11,12). The Morgan fingerprint density at radius 3 is 2.53 bits per heavy atom. The highest BCUT2D eigenvalue weighted by Crippen LogP contribution is 2.01. The molecule has 0 atom stereocenters. The first kappa shape index (κ1) is 14.2. The number of guanidine groups is 1. The summed E-state index contributed by atoms with van der Waals surface area (Å²) in [5, 5.41) is -0.359. The maximum Gasteiger partial charge on any atom is 0.191 e. The van der Waals surface area contributed by atoms with Crippen molar-refractivity contribution in [3.8, 4) is 0 Å². The van der Waals surface area contributed by atoms with Crippen LogP contribution in [0.1, 0.15) is 13.8 Å². The SMILES string of the molecule is CC(C)S(=O)(=O)CCN=C(N)N1CCOCC1. The average molecular weight is 263 g/mol. The number of hydrogen-bond acceptors (Lipinski definition) is 4. The molecule has 6 nitrogen and oxygen atoms in total. The number of aliphatic imine (C=N–C) groups is 1. The van der Waals surface area contributed by atoms with E-state index in [1.54, 1.807) is 13.8 Å². The van der Waals surface area contributed by atoms with Crippen LogP contribution in [0.5, 0.6) is 0 Å². The topological polar surface area (TPSA) is 85.0 Å². The van der Waals surface area contributed by atoms with E-state index in [9.17, 15) is 8.42 Å². The van der Waals surface area contributed by atoms with Crippen LogP contribution in [0.25, 0.3) is 0 Å². The van der Waals surface area contributed by atoms with E-state index in [-0.39, 0.29) is 17.5 Å². The van der Waals surface area contributed by atoms with Crippen LogP contribution in [0, 0.1) is 0 Å². The lowest BCUT2D eigenvalue weighted by molar-refractivity contribution is 0.0674. The number of sulfone groups is 1. The maximum atomic E-state index is 11.5. The quantitative estimate of drug-likeness (QED) is 0.544. The number of rotatable bonds is 4. The van der Waals surface area contributed by atoms with E-state index in [1.807, 2.05) is 4.90 Å². The monoisotopic (exact) mass is 263 g/mol. The Morgan fingerprint density at radius 1 is 1.41 bits per heavy atom. The Balaban J connectivity index is 2.42. The third-order valence-corrected chi connectivity index (χ3v) is 4.89. The molecule has 0 spiro atoms. The number of hydrogen-bond donors (Lipinski definition) is 1. The summed E-state index contributed by atoms with van der Waals surface area (Å²) < 4.78 is 28.3. The third kappa shape index (κ3) is 4.51. The first-order valence-corrected chi connectivity index (χ1v) is 7.49. The van der Waals surface area contributed by atoms with Gasteiger partial charge in [-0.25, -0.2) is 8.42 Å². The molecule has 1 heterocycles. The molecule has 1 rings (SSSR count). The van der Waals surface area contributed by atoms with E-state index in [4.69, 9.17) is 10.5 Å². The van der Waals surface area contributed by atoms with Crippen LogP contribution < -0.4 is 5.73 Å². The Kier molecular flexibility index (Phi) is 5.20. The summed E-state index contributed by atoms with van der Waals surface area (Å²) in [6, 6.07) is 0. The minimum absolute atomic E-state index is 0.0513. The van der Waals surface area contributed by atoms with Crippen LogP contribution >= 0.6 is 0 Å². The molecule has 1 aliphatic heterocycles. The zero-order valence-corrected chi connectivity index (χ0v) is 11.2. The molecule has 0 radical (unpaired) electrons. The molecule has 0 saturated carbocycles. The van der Waals surface area contributed by atoms with Gasteiger partial charge in [0.05, 0.1) is 30.8 Å². The summed E-state index contributed by atoms with van der Waals surface area (Å²) in [7, 11) is -3.03. The van der Waals surface area contributed by atoms with Crippen molar-refractivity contribution in [2.24, 2.45) is 10.7 Å². The van der Waals surface area contributed by atoms with Gasteiger partial charge < -0.3 is 15.4 Å². The Morgan fingerprint density at radius 2 is 2.00 bits per heavy atom. The molecule has 100 valence electrons. The molecule has 7 heteroatoms. The molecule has 17 heavy (non-hydrogen) atoms. The summed E-state index contributed by atoms with van der Waals surface area (Å²) in [5.74, 6) is 0.461. The van der Waals surface area contributed by atoms with Crippen LogP contribution in [0.2, 0.25) is 0 Å². The maximum absolute atomic E-state index is 11.5. The molecule has 0 aromatic carbocycles. The smallest absolute Gasteiger partial charge is 0.191 e. The van der Waals surface area contributed by atoms with Gasteiger partial charge in [-0.1, -0.05) is 0 Å². The molecule has 0 bridgehead atoms. The van der Waals surface area contributed by atoms with Crippen LogP contribution in [0.4, 0.5) is 0 Å². The van der Waals surface area contributed by atoms with Gasteiger partial charge in [0.25, 0.3) is 0 Å². The van der Waals surface area contributed by atoms with Gasteiger partial charge in [0.15, 0.2) is 15.8 Å². The molecule has 0 aromatic rings. The minimum Gasteiger partial charge on any atom is -0.378 e.